The van der Waals surface area contributed by atoms with Crippen LogP contribution in [-0.2, 0) is 49.4 Å². The third-order valence-electron chi connectivity index (χ3n) is 8.42. The van der Waals surface area contributed by atoms with Gasteiger partial charge in [0.05, 0.1) is 13.0 Å². The molecule has 0 saturated carbocycles. The van der Waals surface area contributed by atoms with Gasteiger partial charge in [0.15, 0.2) is 6.04 Å². The Morgan fingerprint density at radius 2 is 1.57 bits per heavy atom. The van der Waals surface area contributed by atoms with E-state index < -0.39 is 71.3 Å². The standard InChI is InChI=1S/C31H42FN3O9/c1-18(19(2)43-21(4)36)27(38)34-15-7-9-25(34)28(39)35-16-8-14-31(35,17-23-10-12-24(32)13-11-23)30(41)33-26(29(40)42-6)20(3)44-22(5)37/h10-13,18-20,25-26H,7-9,14-17H2,1-6H3,(H,33,41)/t18-,19+,20+,25-,26-,31?/m0/s1. The van der Waals surface area contributed by atoms with Gasteiger partial charge in [0, 0.05) is 33.4 Å². The number of carbonyl (C=O) groups is 6. The predicted octanol–water partition coefficient (Wildman–Crippen LogP) is 1.92. The summed E-state index contributed by atoms with van der Waals surface area (Å²) in [6.07, 6.45) is -0.185. The second-order valence-corrected chi connectivity index (χ2v) is 11.5. The molecular weight excluding hydrogens is 577 g/mol. The summed E-state index contributed by atoms with van der Waals surface area (Å²) in [7, 11) is 1.14. The van der Waals surface area contributed by atoms with Gasteiger partial charge in [0.25, 0.3) is 0 Å². The Morgan fingerprint density at radius 1 is 0.955 bits per heavy atom. The van der Waals surface area contributed by atoms with Crippen LogP contribution in [0.5, 0.6) is 0 Å². The number of benzene rings is 1. The molecule has 2 heterocycles. The minimum Gasteiger partial charge on any atom is -0.467 e. The number of amides is 3. The Morgan fingerprint density at radius 3 is 2.16 bits per heavy atom. The number of nitrogens with one attached hydrogen (secondary N) is 1. The average molecular weight is 620 g/mol. The van der Waals surface area contributed by atoms with Gasteiger partial charge in [-0.3, -0.25) is 24.0 Å². The fourth-order valence-corrected chi connectivity index (χ4v) is 6.03. The Kier molecular flexibility index (Phi) is 11.5. The maximum absolute atomic E-state index is 14.3. The van der Waals surface area contributed by atoms with Gasteiger partial charge >= 0.3 is 17.9 Å². The Balaban J connectivity index is 1.98. The van der Waals surface area contributed by atoms with E-state index in [0.29, 0.717) is 31.4 Å². The van der Waals surface area contributed by atoms with Crippen LogP contribution in [0.25, 0.3) is 0 Å². The molecule has 2 aliphatic heterocycles. The third kappa shape index (κ3) is 7.72. The molecule has 1 unspecified atom stereocenters. The first-order valence-electron chi connectivity index (χ1n) is 14.8. The SMILES string of the molecule is COC(=O)[C@@H](NC(=O)C1(Cc2ccc(F)cc2)CCCN1C(=O)[C@@H]1CCCN1C(=O)[C@@H](C)[C@@H](C)OC(C)=O)[C@@H](C)OC(C)=O. The lowest BCUT2D eigenvalue weighted by molar-refractivity contribution is -0.160. The summed E-state index contributed by atoms with van der Waals surface area (Å²) in [5.74, 6) is -4.65. The fourth-order valence-electron chi connectivity index (χ4n) is 6.03. The van der Waals surface area contributed by atoms with Gasteiger partial charge in [-0.25, -0.2) is 9.18 Å². The molecule has 1 aromatic carbocycles. The molecule has 44 heavy (non-hydrogen) atoms. The lowest BCUT2D eigenvalue weighted by atomic mass is 9.86. The second-order valence-electron chi connectivity index (χ2n) is 11.5. The molecule has 0 bridgehead atoms. The van der Waals surface area contributed by atoms with Crippen molar-refractivity contribution in [3.8, 4) is 0 Å². The molecule has 0 spiro atoms. The maximum Gasteiger partial charge on any atom is 0.332 e. The van der Waals surface area contributed by atoms with Crippen LogP contribution in [0.3, 0.4) is 0 Å². The van der Waals surface area contributed by atoms with Crippen LogP contribution < -0.4 is 5.32 Å². The minimum atomic E-state index is -1.51. The molecule has 2 saturated heterocycles. The van der Waals surface area contributed by atoms with Crippen LogP contribution in [-0.4, -0.2) is 95.5 Å². The zero-order valence-electron chi connectivity index (χ0n) is 26.1. The van der Waals surface area contributed by atoms with E-state index in [1.54, 1.807) is 13.8 Å². The van der Waals surface area contributed by atoms with Gasteiger partial charge in [-0.05, 0) is 57.2 Å². The van der Waals surface area contributed by atoms with E-state index in [-0.39, 0.29) is 25.3 Å². The van der Waals surface area contributed by atoms with Crippen molar-refractivity contribution in [1.29, 1.82) is 0 Å². The number of hydrogen-bond donors (Lipinski definition) is 1. The molecular formula is C31H42FN3O9. The Bertz CT molecular complexity index is 1260. The quantitative estimate of drug-likeness (QED) is 0.290. The van der Waals surface area contributed by atoms with Gasteiger partial charge in [-0.15, -0.1) is 0 Å². The molecule has 242 valence electrons. The molecule has 0 aromatic heterocycles. The largest absolute Gasteiger partial charge is 0.467 e. The molecule has 12 nitrogen and oxygen atoms in total. The third-order valence-corrected chi connectivity index (χ3v) is 8.42. The van der Waals surface area contributed by atoms with Gasteiger partial charge in [0.1, 0.15) is 29.6 Å². The van der Waals surface area contributed by atoms with Crippen molar-refractivity contribution in [3.05, 3.63) is 35.6 Å². The lowest BCUT2D eigenvalue weighted by Gasteiger charge is -2.41. The van der Waals surface area contributed by atoms with E-state index in [1.807, 2.05) is 0 Å². The first-order chi connectivity index (χ1) is 20.7. The van der Waals surface area contributed by atoms with Gasteiger partial charge in [-0.1, -0.05) is 19.1 Å². The zero-order valence-corrected chi connectivity index (χ0v) is 26.1. The normalized spacial score (nSPS) is 22.4. The average Bonchev–Trinajstić information content (AvgIpc) is 3.63. The summed E-state index contributed by atoms with van der Waals surface area (Å²) in [5.41, 5.74) is -0.933. The molecule has 13 heteroatoms. The highest BCUT2D eigenvalue weighted by molar-refractivity contribution is 5.97. The van der Waals surface area contributed by atoms with Crippen molar-refractivity contribution in [2.45, 2.75) is 96.6 Å². The summed E-state index contributed by atoms with van der Waals surface area (Å²) in [6, 6.07) is 3.33. The molecule has 3 amide bonds. The molecule has 2 aliphatic rings. The Hall–Kier alpha value is -4.03. The second kappa shape index (κ2) is 14.6. The highest BCUT2D eigenvalue weighted by Crippen LogP contribution is 2.36. The van der Waals surface area contributed by atoms with Crippen LogP contribution in [0.4, 0.5) is 4.39 Å². The van der Waals surface area contributed by atoms with E-state index in [0.717, 1.165) is 7.11 Å². The summed E-state index contributed by atoms with van der Waals surface area (Å²) in [6.45, 7) is 7.64. The Labute approximate surface area is 256 Å². The lowest BCUT2D eigenvalue weighted by Crippen LogP contribution is -2.64. The van der Waals surface area contributed by atoms with Crippen LogP contribution in [0.1, 0.15) is 65.9 Å². The van der Waals surface area contributed by atoms with Crippen LogP contribution in [0, 0.1) is 11.7 Å². The van der Waals surface area contributed by atoms with Crippen molar-refractivity contribution >= 4 is 35.6 Å². The highest BCUT2D eigenvalue weighted by atomic mass is 19.1. The maximum atomic E-state index is 14.3. The molecule has 1 N–H and O–H groups in total. The van der Waals surface area contributed by atoms with Crippen molar-refractivity contribution in [3.63, 3.8) is 0 Å². The van der Waals surface area contributed by atoms with Crippen LogP contribution in [0.2, 0.25) is 0 Å². The number of methoxy groups -OCH3 is 1. The zero-order chi connectivity index (χ0) is 32.8. The number of esters is 3. The van der Waals surface area contributed by atoms with Gasteiger partial charge < -0.3 is 29.3 Å². The minimum absolute atomic E-state index is 0.00124. The molecule has 6 atom stereocenters. The van der Waals surface area contributed by atoms with Crippen molar-refractivity contribution in [1.82, 2.24) is 15.1 Å². The molecule has 2 fully saturated rings. The molecule has 1 aromatic rings. The van der Waals surface area contributed by atoms with E-state index in [4.69, 9.17) is 14.2 Å². The number of likely N-dealkylation sites (tertiary alicyclic amines) is 2. The predicted molar refractivity (Wildman–Crippen MR) is 154 cm³/mol. The van der Waals surface area contributed by atoms with E-state index in [1.165, 1.54) is 54.8 Å². The first-order valence-corrected chi connectivity index (χ1v) is 14.8. The number of rotatable bonds is 11. The molecule has 0 aliphatic carbocycles. The monoisotopic (exact) mass is 619 g/mol. The number of nitrogens with zero attached hydrogens (tertiary/aromatic N) is 2. The van der Waals surface area contributed by atoms with E-state index >= 15 is 0 Å². The summed E-state index contributed by atoms with van der Waals surface area (Å²) >= 11 is 0. The number of carbonyl (C=O) groups excluding carboxylic acids is 6. The highest BCUT2D eigenvalue weighted by Gasteiger charge is 2.53. The van der Waals surface area contributed by atoms with Crippen LogP contribution in [0.15, 0.2) is 24.3 Å². The molecule has 3 rings (SSSR count). The van der Waals surface area contributed by atoms with Crippen molar-refractivity contribution in [2.24, 2.45) is 5.92 Å². The van der Waals surface area contributed by atoms with Crippen molar-refractivity contribution in [2.75, 3.05) is 20.2 Å². The summed E-state index contributed by atoms with van der Waals surface area (Å²) in [4.78, 5) is 80.8. The smallest absolute Gasteiger partial charge is 0.332 e. The first kappa shape index (κ1) is 34.5. The van der Waals surface area contributed by atoms with Crippen LogP contribution >= 0.6 is 0 Å². The van der Waals surface area contributed by atoms with E-state index in [9.17, 15) is 33.2 Å². The topological polar surface area (TPSA) is 149 Å². The van der Waals surface area contributed by atoms with E-state index in [2.05, 4.69) is 5.32 Å². The number of halogens is 1. The molecule has 0 radical (unpaired) electrons. The number of hydrogen-bond acceptors (Lipinski definition) is 9. The fraction of sp³-hybridized carbons (Fsp3) is 0.613. The van der Waals surface area contributed by atoms with Crippen molar-refractivity contribution < 1.29 is 47.4 Å². The number of ether oxygens (including phenoxy) is 3. The summed E-state index contributed by atoms with van der Waals surface area (Å²) in [5, 5.41) is 2.66. The van der Waals surface area contributed by atoms with Gasteiger partial charge in [-0.2, -0.15) is 0 Å². The summed E-state index contributed by atoms with van der Waals surface area (Å²) < 4.78 is 29.0. The van der Waals surface area contributed by atoms with Gasteiger partial charge in [0.2, 0.25) is 17.7 Å².